The zero-order valence-corrected chi connectivity index (χ0v) is 23.1. The van der Waals surface area contributed by atoms with Crippen LogP contribution in [0.25, 0.3) is 0 Å². The van der Waals surface area contributed by atoms with Gasteiger partial charge in [0, 0.05) is 17.9 Å². The van der Waals surface area contributed by atoms with Crippen molar-refractivity contribution < 1.29 is 33.0 Å². The molecular formula is C28H36O7Si. The van der Waals surface area contributed by atoms with Gasteiger partial charge in [-0.15, -0.1) is 0 Å². The Morgan fingerprint density at radius 1 is 1.11 bits per heavy atom. The van der Waals surface area contributed by atoms with Gasteiger partial charge in [-0.2, -0.15) is 0 Å². The Kier molecular flexibility index (Phi) is 5.02. The summed E-state index contributed by atoms with van der Waals surface area (Å²) in [5, 5.41) is -0.117. The molecular weight excluding hydrogens is 476 g/mol. The van der Waals surface area contributed by atoms with Crippen molar-refractivity contribution in [3.05, 3.63) is 47.5 Å². The van der Waals surface area contributed by atoms with Gasteiger partial charge in [-0.1, -0.05) is 51.1 Å². The van der Waals surface area contributed by atoms with Crippen LogP contribution in [0.1, 0.15) is 52.9 Å². The number of ketones is 1. The molecule has 2 aliphatic carbocycles. The molecule has 36 heavy (non-hydrogen) atoms. The zero-order valence-electron chi connectivity index (χ0n) is 22.1. The second-order valence-electron chi connectivity index (χ2n) is 12.8. The summed E-state index contributed by atoms with van der Waals surface area (Å²) in [6.45, 7) is 14.9. The Morgan fingerprint density at radius 3 is 2.47 bits per heavy atom. The first kappa shape index (κ1) is 24.5. The van der Waals surface area contributed by atoms with Crippen LogP contribution in [0.3, 0.4) is 0 Å². The lowest BCUT2D eigenvalue weighted by Gasteiger charge is -2.55. The van der Waals surface area contributed by atoms with Gasteiger partial charge in [0.15, 0.2) is 25.8 Å². The number of rotatable bonds is 3. The van der Waals surface area contributed by atoms with E-state index >= 15 is 0 Å². The minimum absolute atomic E-state index is 0.117. The Hall–Kier alpha value is -1.84. The van der Waals surface area contributed by atoms with Crippen molar-refractivity contribution in [2.45, 2.75) is 95.0 Å². The fourth-order valence-corrected chi connectivity index (χ4v) is 8.16. The normalized spacial score (nSPS) is 43.5. The van der Waals surface area contributed by atoms with Gasteiger partial charge >= 0.3 is 5.97 Å². The lowest BCUT2D eigenvalue weighted by Crippen LogP contribution is -2.72. The summed E-state index contributed by atoms with van der Waals surface area (Å²) >= 11 is 0. The van der Waals surface area contributed by atoms with E-state index in [4.69, 9.17) is 23.4 Å². The average molecular weight is 513 g/mol. The maximum absolute atomic E-state index is 14.2. The van der Waals surface area contributed by atoms with Crippen molar-refractivity contribution in [2.24, 2.45) is 11.3 Å². The summed E-state index contributed by atoms with van der Waals surface area (Å²) in [6.07, 6.45) is -0.501. The third-order valence-corrected chi connectivity index (χ3v) is 14.2. The van der Waals surface area contributed by atoms with E-state index < -0.39 is 55.5 Å². The van der Waals surface area contributed by atoms with Gasteiger partial charge < -0.3 is 23.4 Å². The zero-order chi connectivity index (χ0) is 25.9. The fourth-order valence-electron chi connectivity index (χ4n) is 6.86. The van der Waals surface area contributed by atoms with E-state index in [1.54, 1.807) is 0 Å². The molecule has 8 heteroatoms. The van der Waals surface area contributed by atoms with Crippen LogP contribution < -0.4 is 0 Å². The predicted molar refractivity (Wildman–Crippen MR) is 133 cm³/mol. The highest BCUT2D eigenvalue weighted by atomic mass is 28.4. The molecule has 3 heterocycles. The molecule has 0 radical (unpaired) electrons. The van der Waals surface area contributed by atoms with Gasteiger partial charge in [0.2, 0.25) is 0 Å². The molecule has 6 rings (SSSR count). The molecule has 1 aromatic carbocycles. The number of benzene rings is 1. The van der Waals surface area contributed by atoms with E-state index in [1.807, 2.05) is 50.3 Å². The lowest BCUT2D eigenvalue weighted by atomic mass is 9.52. The van der Waals surface area contributed by atoms with Crippen LogP contribution in [-0.2, 0) is 33.0 Å². The first-order valence-corrected chi connectivity index (χ1v) is 15.8. The molecule has 7 nitrogen and oxygen atoms in total. The average Bonchev–Trinajstić information content (AvgIpc) is 3.02. The highest BCUT2D eigenvalue weighted by Gasteiger charge is 2.86. The lowest BCUT2D eigenvalue weighted by molar-refractivity contribution is -0.268. The van der Waals surface area contributed by atoms with Crippen LogP contribution in [0.5, 0.6) is 0 Å². The number of esters is 1. The molecule has 0 N–H and O–H groups in total. The van der Waals surface area contributed by atoms with Gasteiger partial charge in [-0.25, -0.2) is 0 Å². The minimum Gasteiger partial charge on any atom is -0.454 e. The van der Waals surface area contributed by atoms with E-state index in [-0.39, 0.29) is 29.8 Å². The molecule has 1 aromatic rings. The molecule has 3 saturated heterocycles. The molecule has 5 aliphatic rings. The second-order valence-corrected chi connectivity index (χ2v) is 17.6. The Balaban J connectivity index is 1.53. The van der Waals surface area contributed by atoms with Gasteiger partial charge in [-0.05, 0) is 43.6 Å². The summed E-state index contributed by atoms with van der Waals surface area (Å²) < 4.78 is 32.7. The molecule has 4 fully saturated rings. The molecule has 0 unspecified atom stereocenters. The molecule has 6 bridgehead atoms. The SMILES string of the molecule is CC1=C[C@H]2OC(=O)[C@@]3(C(=O)C[C@@H]4[C@H]5O[C@H](c6ccccc6)OC[C@]4(C)O[C@@]153)[C@@H]2O[Si](C)(C)C(C)(C)C. The monoisotopic (exact) mass is 512 g/mol. The first-order chi connectivity index (χ1) is 16.8. The number of hydrogen-bond donors (Lipinski definition) is 0. The van der Waals surface area contributed by atoms with Crippen LogP contribution in [-0.4, -0.2) is 56.2 Å². The Bertz CT molecular complexity index is 1160. The van der Waals surface area contributed by atoms with Crippen molar-refractivity contribution in [3.8, 4) is 0 Å². The fraction of sp³-hybridized carbons (Fsp3) is 0.643. The maximum atomic E-state index is 14.2. The van der Waals surface area contributed by atoms with E-state index in [0.29, 0.717) is 0 Å². The largest absolute Gasteiger partial charge is 0.454 e. The summed E-state index contributed by atoms with van der Waals surface area (Å²) in [4.78, 5) is 28.2. The topological polar surface area (TPSA) is 80.3 Å². The summed E-state index contributed by atoms with van der Waals surface area (Å²) in [6, 6.07) is 9.77. The number of carbonyl (C=O) groups excluding carboxylic acids is 2. The van der Waals surface area contributed by atoms with E-state index in [2.05, 4.69) is 33.9 Å². The third-order valence-electron chi connectivity index (χ3n) is 9.76. The summed E-state index contributed by atoms with van der Waals surface area (Å²) in [7, 11) is -2.39. The van der Waals surface area contributed by atoms with Crippen LogP contribution in [0, 0.1) is 11.3 Å². The van der Waals surface area contributed by atoms with Crippen LogP contribution in [0.15, 0.2) is 42.0 Å². The van der Waals surface area contributed by atoms with Crippen LogP contribution >= 0.6 is 0 Å². The third kappa shape index (κ3) is 2.82. The molecule has 2 spiro atoms. The number of hydrogen-bond acceptors (Lipinski definition) is 7. The van der Waals surface area contributed by atoms with E-state index in [0.717, 1.165) is 11.1 Å². The molecule has 3 aliphatic heterocycles. The van der Waals surface area contributed by atoms with Gasteiger partial charge in [-0.3, -0.25) is 9.59 Å². The number of Topliss-reactive ketones (excluding diaryl/α,β-unsaturated/α-hetero) is 1. The molecule has 0 amide bonds. The molecule has 194 valence electrons. The maximum Gasteiger partial charge on any atom is 0.326 e. The second kappa shape index (κ2) is 7.38. The first-order valence-electron chi connectivity index (χ1n) is 12.9. The Labute approximate surface area is 213 Å². The minimum atomic E-state index is -2.39. The molecule has 1 saturated carbocycles. The van der Waals surface area contributed by atoms with Crippen molar-refractivity contribution in [1.29, 1.82) is 0 Å². The van der Waals surface area contributed by atoms with Crippen molar-refractivity contribution in [1.82, 2.24) is 0 Å². The van der Waals surface area contributed by atoms with E-state index in [9.17, 15) is 9.59 Å². The predicted octanol–water partition coefficient (Wildman–Crippen LogP) is 4.48. The van der Waals surface area contributed by atoms with Gasteiger partial charge in [0.25, 0.3) is 0 Å². The molecule has 0 aromatic heterocycles. The number of ether oxygens (including phenoxy) is 4. The van der Waals surface area contributed by atoms with Crippen molar-refractivity contribution in [2.75, 3.05) is 6.61 Å². The van der Waals surface area contributed by atoms with Gasteiger partial charge in [0.05, 0.1) is 12.2 Å². The van der Waals surface area contributed by atoms with Crippen LogP contribution in [0.4, 0.5) is 0 Å². The van der Waals surface area contributed by atoms with Crippen molar-refractivity contribution in [3.63, 3.8) is 0 Å². The highest BCUT2D eigenvalue weighted by molar-refractivity contribution is 6.74. The Morgan fingerprint density at radius 2 is 1.81 bits per heavy atom. The van der Waals surface area contributed by atoms with Crippen LogP contribution in [0.2, 0.25) is 18.1 Å². The molecule has 8 atom stereocenters. The quantitative estimate of drug-likeness (QED) is 0.256. The summed E-state index contributed by atoms with van der Waals surface area (Å²) in [5.74, 6) is -0.979. The number of fused-ring (bicyclic) bond motifs is 1. The van der Waals surface area contributed by atoms with E-state index in [1.165, 1.54) is 0 Å². The smallest absolute Gasteiger partial charge is 0.326 e. The van der Waals surface area contributed by atoms with Gasteiger partial charge in [0.1, 0.15) is 23.9 Å². The number of carbonyl (C=O) groups is 2. The standard InChI is InChI=1S/C28H36O7Si/c1-16-13-19-22(34-36(6,7)25(2,3)4)27(24(30)32-19)20(29)14-18-21-28(16,27)35-26(18,5)15-31-23(33-21)17-11-9-8-10-12-17/h8-13,18-19,21-23H,14-15H2,1-7H3/t18-,19-,21-,22-,23-,26+,27-,28+/m1/s1. The van der Waals surface area contributed by atoms with Crippen molar-refractivity contribution >= 4 is 20.1 Å². The summed E-state index contributed by atoms with van der Waals surface area (Å²) in [5.41, 5.74) is -2.03. The highest BCUT2D eigenvalue weighted by Crippen LogP contribution is 2.69.